The summed E-state index contributed by atoms with van der Waals surface area (Å²) in [5.41, 5.74) is 0.542. The Bertz CT molecular complexity index is 1070. The zero-order valence-electron chi connectivity index (χ0n) is 20.6. The molecular formula is C25H32N2O10. The van der Waals surface area contributed by atoms with Gasteiger partial charge in [0.05, 0.1) is 26.3 Å². The second-order valence-electron chi connectivity index (χ2n) is 8.02. The van der Waals surface area contributed by atoms with Crippen molar-refractivity contribution in [1.29, 1.82) is 0 Å². The first kappa shape index (κ1) is 29.3. The number of aliphatic carboxylic acids is 2. The van der Waals surface area contributed by atoms with Crippen molar-refractivity contribution in [1.82, 2.24) is 10.6 Å². The van der Waals surface area contributed by atoms with Gasteiger partial charge in [0.2, 0.25) is 0 Å². The van der Waals surface area contributed by atoms with Gasteiger partial charge in [-0.15, -0.1) is 0 Å². The summed E-state index contributed by atoms with van der Waals surface area (Å²) < 4.78 is 21.0. The third kappa shape index (κ3) is 11.1. The topological polar surface area (TPSA) is 170 Å². The quantitative estimate of drug-likeness (QED) is 0.145. The van der Waals surface area contributed by atoms with Crippen LogP contribution in [0, 0.1) is 6.92 Å². The van der Waals surface area contributed by atoms with Gasteiger partial charge in [0.1, 0.15) is 11.5 Å². The van der Waals surface area contributed by atoms with Crippen LogP contribution >= 0.6 is 0 Å². The zero-order chi connectivity index (χ0) is 27.0. The van der Waals surface area contributed by atoms with Crippen LogP contribution in [0.3, 0.4) is 0 Å². The predicted octanol–water partition coefficient (Wildman–Crippen LogP) is 3.09. The molecule has 0 fully saturated rings. The molecule has 0 saturated heterocycles. The number of nitrogens with one attached hydrogen (secondary N) is 2. The number of unbranched alkanes of at least 4 members (excludes halogenated alkanes) is 2. The highest BCUT2D eigenvalue weighted by molar-refractivity contribution is 5.96. The standard InChI is InChI=1S/C25H32N2O10/c1-17-14-20(36-24(32)34-12-6-4-10-26-15-21(28)29)18-8-2-3-9-19(18)23(17)37-25(33)35-13-7-5-11-27-16-22(30)31/h2-3,8-9,14,26-27H,4-7,10-13,15-16H2,1H3,(H,28,29)(H,30,31). The van der Waals surface area contributed by atoms with Crippen LogP contribution in [0.15, 0.2) is 30.3 Å². The maximum Gasteiger partial charge on any atom is 0.513 e. The van der Waals surface area contributed by atoms with Crippen molar-refractivity contribution < 1.29 is 48.3 Å². The normalized spacial score (nSPS) is 10.6. The number of carbonyl (C=O) groups is 4. The minimum absolute atomic E-state index is 0.118. The average Bonchev–Trinajstić information content (AvgIpc) is 2.84. The van der Waals surface area contributed by atoms with Gasteiger partial charge in [-0.1, -0.05) is 24.3 Å². The molecule has 0 bridgehead atoms. The molecule has 12 nitrogen and oxygen atoms in total. The van der Waals surface area contributed by atoms with Gasteiger partial charge in [0, 0.05) is 10.8 Å². The van der Waals surface area contributed by atoms with Crippen LogP contribution in [-0.2, 0) is 19.1 Å². The molecule has 0 aliphatic rings. The minimum Gasteiger partial charge on any atom is -0.480 e. The highest BCUT2D eigenvalue weighted by Gasteiger charge is 2.18. The van der Waals surface area contributed by atoms with Crippen LogP contribution in [0.4, 0.5) is 9.59 Å². The fourth-order valence-corrected chi connectivity index (χ4v) is 3.31. The third-order valence-electron chi connectivity index (χ3n) is 5.01. The molecule has 0 amide bonds. The Labute approximate surface area is 213 Å². The molecule has 0 aromatic heterocycles. The van der Waals surface area contributed by atoms with E-state index in [-0.39, 0.29) is 37.8 Å². The van der Waals surface area contributed by atoms with Crippen LogP contribution in [-0.4, -0.2) is 73.9 Å². The van der Waals surface area contributed by atoms with Crippen LogP contribution < -0.4 is 20.1 Å². The van der Waals surface area contributed by atoms with Crippen molar-refractivity contribution in [2.24, 2.45) is 0 Å². The van der Waals surface area contributed by atoms with Gasteiger partial charge in [-0.05, 0) is 57.3 Å². The van der Waals surface area contributed by atoms with Gasteiger partial charge in [-0.3, -0.25) is 9.59 Å². The summed E-state index contributed by atoms with van der Waals surface area (Å²) in [4.78, 5) is 45.3. The van der Waals surface area contributed by atoms with Crippen molar-refractivity contribution in [2.45, 2.75) is 32.6 Å². The van der Waals surface area contributed by atoms with Gasteiger partial charge in [-0.25, -0.2) is 9.59 Å². The molecular weight excluding hydrogens is 488 g/mol. The van der Waals surface area contributed by atoms with Crippen molar-refractivity contribution in [3.05, 3.63) is 35.9 Å². The summed E-state index contributed by atoms with van der Waals surface area (Å²) in [5, 5.41) is 23.7. The van der Waals surface area contributed by atoms with E-state index in [1.165, 1.54) is 0 Å². The highest BCUT2D eigenvalue weighted by Crippen LogP contribution is 2.36. The van der Waals surface area contributed by atoms with Crippen molar-refractivity contribution >= 4 is 35.0 Å². The predicted molar refractivity (Wildman–Crippen MR) is 132 cm³/mol. The van der Waals surface area contributed by atoms with Crippen molar-refractivity contribution in [3.63, 3.8) is 0 Å². The van der Waals surface area contributed by atoms with E-state index < -0.39 is 24.2 Å². The Kier molecular flexibility index (Phi) is 12.7. The largest absolute Gasteiger partial charge is 0.513 e. The molecule has 2 rings (SSSR count). The fraction of sp³-hybridized carbons (Fsp3) is 0.440. The molecule has 12 heteroatoms. The molecule has 0 saturated carbocycles. The maximum absolute atomic E-state index is 12.2. The van der Waals surface area contributed by atoms with Crippen molar-refractivity contribution in [2.75, 3.05) is 39.4 Å². The zero-order valence-corrected chi connectivity index (χ0v) is 20.6. The molecule has 0 atom stereocenters. The first-order valence-corrected chi connectivity index (χ1v) is 11.8. The number of rotatable bonds is 16. The average molecular weight is 521 g/mol. The maximum atomic E-state index is 12.2. The molecule has 0 spiro atoms. The Hall–Kier alpha value is -3.90. The Morgan fingerprint density at radius 1 is 0.757 bits per heavy atom. The van der Waals surface area contributed by atoms with E-state index in [0.717, 1.165) is 0 Å². The summed E-state index contributed by atoms with van der Waals surface area (Å²) in [6.45, 7) is 2.66. The summed E-state index contributed by atoms with van der Waals surface area (Å²) in [6.07, 6.45) is 0.579. The Balaban J connectivity index is 1.87. The second-order valence-corrected chi connectivity index (χ2v) is 8.02. The highest BCUT2D eigenvalue weighted by atomic mass is 16.7. The number of benzene rings is 2. The van der Waals surface area contributed by atoms with Crippen LogP contribution in [0.25, 0.3) is 10.8 Å². The molecule has 202 valence electrons. The fourth-order valence-electron chi connectivity index (χ4n) is 3.31. The molecule has 0 unspecified atom stereocenters. The third-order valence-corrected chi connectivity index (χ3v) is 5.01. The lowest BCUT2D eigenvalue weighted by Gasteiger charge is -2.14. The van der Waals surface area contributed by atoms with E-state index >= 15 is 0 Å². The lowest BCUT2D eigenvalue weighted by molar-refractivity contribution is -0.136. The monoisotopic (exact) mass is 520 g/mol. The van der Waals surface area contributed by atoms with Crippen molar-refractivity contribution in [3.8, 4) is 11.5 Å². The van der Waals surface area contributed by atoms with E-state index in [1.807, 2.05) is 0 Å². The molecule has 2 aromatic carbocycles. The molecule has 37 heavy (non-hydrogen) atoms. The van der Waals surface area contributed by atoms with Gasteiger partial charge >= 0.3 is 24.2 Å². The van der Waals surface area contributed by atoms with Crippen LogP contribution in [0.1, 0.15) is 31.2 Å². The van der Waals surface area contributed by atoms with E-state index in [2.05, 4.69) is 10.6 Å². The number of hydrogen-bond donors (Lipinski definition) is 4. The van der Waals surface area contributed by atoms with E-state index in [1.54, 1.807) is 37.3 Å². The molecule has 0 heterocycles. The molecule has 0 radical (unpaired) electrons. The smallest absolute Gasteiger partial charge is 0.480 e. The van der Waals surface area contributed by atoms with E-state index in [9.17, 15) is 19.2 Å². The molecule has 0 aliphatic carbocycles. The summed E-state index contributed by atoms with van der Waals surface area (Å²) in [6, 6.07) is 8.51. The van der Waals surface area contributed by atoms with Gasteiger partial charge < -0.3 is 39.8 Å². The van der Waals surface area contributed by atoms with Gasteiger partial charge in [0.25, 0.3) is 0 Å². The molecule has 4 N–H and O–H groups in total. The summed E-state index contributed by atoms with van der Waals surface area (Å²) in [5.74, 6) is -1.35. The number of ether oxygens (including phenoxy) is 4. The minimum atomic E-state index is -0.935. The number of carboxylic acids is 2. The number of fused-ring (bicyclic) bond motifs is 1. The number of hydrogen-bond acceptors (Lipinski definition) is 10. The lowest BCUT2D eigenvalue weighted by atomic mass is 10.0. The summed E-state index contributed by atoms with van der Waals surface area (Å²) in [7, 11) is 0. The number of aryl methyl sites for hydroxylation is 1. The lowest BCUT2D eigenvalue weighted by Crippen LogP contribution is -2.23. The van der Waals surface area contributed by atoms with Crippen LogP contribution in [0.5, 0.6) is 11.5 Å². The van der Waals surface area contributed by atoms with Gasteiger partial charge in [0.15, 0.2) is 0 Å². The molecule has 2 aromatic rings. The second kappa shape index (κ2) is 16.0. The first-order valence-electron chi connectivity index (χ1n) is 11.8. The van der Waals surface area contributed by atoms with E-state index in [0.29, 0.717) is 55.1 Å². The Morgan fingerprint density at radius 2 is 1.27 bits per heavy atom. The van der Waals surface area contributed by atoms with Crippen LogP contribution in [0.2, 0.25) is 0 Å². The number of carboxylic acid groups (broad SMARTS) is 2. The first-order chi connectivity index (χ1) is 17.8. The molecule has 0 aliphatic heterocycles. The Morgan fingerprint density at radius 3 is 1.81 bits per heavy atom. The summed E-state index contributed by atoms with van der Waals surface area (Å²) >= 11 is 0. The SMILES string of the molecule is Cc1cc(OC(=O)OCCCCNCC(=O)O)c2ccccc2c1OC(=O)OCCCCNCC(=O)O. The number of carbonyl (C=O) groups excluding carboxylic acids is 2. The van der Waals surface area contributed by atoms with E-state index in [4.69, 9.17) is 29.2 Å². The van der Waals surface area contributed by atoms with Gasteiger partial charge in [-0.2, -0.15) is 0 Å².